The maximum atomic E-state index is 13.2. The smallest absolute Gasteiger partial charge is 0.308 e. The first-order chi connectivity index (χ1) is 28.3. The first kappa shape index (κ1) is 56.4. The van der Waals surface area contributed by atoms with E-state index in [0.717, 1.165) is 122 Å². The Bertz CT molecular complexity index is 887. The number of unbranched alkanes of at least 4 members (excludes halogenated alkanes) is 18. The number of rotatable bonds is 45. The molecule has 7 heteroatoms. The van der Waals surface area contributed by atoms with Crippen molar-refractivity contribution in [2.24, 2.45) is 17.8 Å². The van der Waals surface area contributed by atoms with Gasteiger partial charge in [-0.25, -0.2) is 0 Å². The van der Waals surface area contributed by atoms with E-state index in [4.69, 9.17) is 14.2 Å². The highest BCUT2D eigenvalue weighted by Gasteiger charge is 2.20. The maximum Gasteiger partial charge on any atom is 0.308 e. The molecule has 0 aromatic carbocycles. The Morgan fingerprint density at radius 1 is 0.379 bits per heavy atom. The van der Waals surface area contributed by atoms with Crippen LogP contribution in [0.1, 0.15) is 253 Å². The van der Waals surface area contributed by atoms with Crippen molar-refractivity contribution < 1.29 is 28.6 Å². The normalized spacial score (nSPS) is 12.2. The lowest BCUT2D eigenvalue weighted by Crippen LogP contribution is -2.26. The molecule has 0 fully saturated rings. The molecule has 0 rings (SSSR count). The second-order valence-electron chi connectivity index (χ2n) is 17.6. The van der Waals surface area contributed by atoms with E-state index in [0.29, 0.717) is 44.5 Å². The van der Waals surface area contributed by atoms with Gasteiger partial charge in [-0.3, -0.25) is 14.4 Å². The molecule has 0 saturated carbocycles. The van der Waals surface area contributed by atoms with Crippen molar-refractivity contribution in [3.05, 3.63) is 0 Å². The zero-order valence-electron chi connectivity index (χ0n) is 39.7. The van der Waals surface area contributed by atoms with Gasteiger partial charge in [0, 0.05) is 19.4 Å². The van der Waals surface area contributed by atoms with Crippen LogP contribution in [0, 0.1) is 17.8 Å². The largest absolute Gasteiger partial charge is 0.466 e. The molecule has 0 spiro atoms. The molecule has 0 aromatic heterocycles. The van der Waals surface area contributed by atoms with E-state index >= 15 is 0 Å². The van der Waals surface area contributed by atoms with Crippen LogP contribution in [0.3, 0.4) is 0 Å². The van der Waals surface area contributed by atoms with E-state index in [1.54, 1.807) is 0 Å². The van der Waals surface area contributed by atoms with Crippen LogP contribution in [0.5, 0.6) is 0 Å². The van der Waals surface area contributed by atoms with Crippen molar-refractivity contribution in [1.82, 2.24) is 4.90 Å². The summed E-state index contributed by atoms with van der Waals surface area (Å²) in [5, 5.41) is 0. The summed E-state index contributed by atoms with van der Waals surface area (Å²) in [5.74, 6) is 0.944. The molecular weight excluding hydrogens is 723 g/mol. The zero-order valence-corrected chi connectivity index (χ0v) is 39.7. The predicted molar refractivity (Wildman–Crippen MR) is 246 cm³/mol. The Morgan fingerprint density at radius 3 is 1.07 bits per heavy atom. The number of carbonyl (C=O) groups is 3. The highest BCUT2D eigenvalue weighted by atomic mass is 16.5. The Morgan fingerprint density at radius 2 is 0.707 bits per heavy atom. The van der Waals surface area contributed by atoms with Gasteiger partial charge in [-0.05, 0) is 82.7 Å². The second-order valence-corrected chi connectivity index (χ2v) is 17.6. The molecule has 0 aliphatic carbocycles. The number of ether oxygens (including phenoxy) is 3. The minimum absolute atomic E-state index is 0.00217. The van der Waals surface area contributed by atoms with Crippen molar-refractivity contribution in [3.8, 4) is 0 Å². The third kappa shape index (κ3) is 36.2. The summed E-state index contributed by atoms with van der Waals surface area (Å²) in [4.78, 5) is 40.7. The van der Waals surface area contributed by atoms with Gasteiger partial charge in [-0.15, -0.1) is 0 Å². The van der Waals surface area contributed by atoms with Gasteiger partial charge in [0.15, 0.2) is 0 Å². The maximum absolute atomic E-state index is 13.2. The van der Waals surface area contributed by atoms with Crippen molar-refractivity contribution in [2.45, 2.75) is 253 Å². The first-order valence-corrected chi connectivity index (χ1v) is 25.5. The molecule has 0 aromatic rings. The molecule has 0 N–H and O–H groups in total. The van der Waals surface area contributed by atoms with E-state index in [2.05, 4.69) is 46.4 Å². The SMILES string of the molecule is CCCCCC(CCCCC)CC(=O)OCCCCCCCCCC(CCCCCCCOC(=O)CC(CCCCC)CCCCC)C(=O)OCCCN(CC)CC. The minimum Gasteiger partial charge on any atom is -0.466 e. The first-order valence-electron chi connectivity index (χ1n) is 25.5. The summed E-state index contributed by atoms with van der Waals surface area (Å²) in [6, 6.07) is 0. The van der Waals surface area contributed by atoms with Gasteiger partial charge in [0.2, 0.25) is 0 Å². The van der Waals surface area contributed by atoms with Gasteiger partial charge < -0.3 is 19.1 Å². The molecule has 0 amide bonds. The van der Waals surface area contributed by atoms with Crippen LogP contribution in [-0.4, -0.2) is 62.3 Å². The average Bonchev–Trinajstić information content (AvgIpc) is 3.21. The molecule has 0 radical (unpaired) electrons. The molecule has 58 heavy (non-hydrogen) atoms. The molecule has 344 valence electrons. The highest BCUT2D eigenvalue weighted by molar-refractivity contribution is 5.72. The van der Waals surface area contributed by atoms with Crippen LogP contribution in [-0.2, 0) is 28.6 Å². The fraction of sp³-hybridized carbons (Fsp3) is 0.941. The van der Waals surface area contributed by atoms with Crippen molar-refractivity contribution in [1.29, 1.82) is 0 Å². The quantitative estimate of drug-likeness (QED) is 0.0344. The van der Waals surface area contributed by atoms with E-state index < -0.39 is 0 Å². The van der Waals surface area contributed by atoms with Crippen LogP contribution >= 0.6 is 0 Å². The summed E-state index contributed by atoms with van der Waals surface area (Å²) in [5.41, 5.74) is 0. The fourth-order valence-electron chi connectivity index (χ4n) is 8.29. The number of nitrogens with zero attached hydrogens (tertiary/aromatic N) is 1. The standard InChI is InChI=1S/C51H99NO6/c1-7-13-25-34-46(35-26-14-8-2)44-49(53)56-41-31-23-19-17-18-21-29-38-48(51(55)58-43-33-40-52(11-5)12-6)39-30-22-20-24-32-42-57-50(54)45-47(36-27-15-9-3)37-28-16-10-4/h46-48H,7-45H2,1-6H3. The van der Waals surface area contributed by atoms with Gasteiger partial charge >= 0.3 is 17.9 Å². The molecule has 0 aliphatic heterocycles. The summed E-state index contributed by atoms with van der Waals surface area (Å²) in [7, 11) is 0. The Labute approximate surface area is 361 Å². The predicted octanol–water partition coefficient (Wildman–Crippen LogP) is 14.8. The van der Waals surface area contributed by atoms with Gasteiger partial charge in [0.05, 0.1) is 25.7 Å². The summed E-state index contributed by atoms with van der Waals surface area (Å²) in [6.07, 6.45) is 36.3. The molecule has 0 bridgehead atoms. The van der Waals surface area contributed by atoms with Gasteiger partial charge in [0.1, 0.15) is 0 Å². The van der Waals surface area contributed by atoms with Gasteiger partial charge in [-0.2, -0.15) is 0 Å². The van der Waals surface area contributed by atoms with E-state index in [-0.39, 0.29) is 23.8 Å². The number of hydrogen-bond donors (Lipinski definition) is 0. The summed E-state index contributed by atoms with van der Waals surface area (Å²) >= 11 is 0. The molecule has 0 saturated heterocycles. The van der Waals surface area contributed by atoms with E-state index in [1.165, 1.54) is 96.3 Å². The fourth-order valence-corrected chi connectivity index (χ4v) is 8.29. The lowest BCUT2D eigenvalue weighted by Gasteiger charge is -2.19. The Balaban J connectivity index is 4.44. The third-order valence-electron chi connectivity index (χ3n) is 12.3. The van der Waals surface area contributed by atoms with Crippen LogP contribution in [0.2, 0.25) is 0 Å². The number of esters is 3. The van der Waals surface area contributed by atoms with Crippen molar-refractivity contribution in [2.75, 3.05) is 39.5 Å². The number of hydrogen-bond acceptors (Lipinski definition) is 7. The third-order valence-corrected chi connectivity index (χ3v) is 12.3. The van der Waals surface area contributed by atoms with E-state index in [9.17, 15) is 14.4 Å². The zero-order chi connectivity index (χ0) is 42.7. The summed E-state index contributed by atoms with van der Waals surface area (Å²) < 4.78 is 17.1. The number of carbonyl (C=O) groups excluding carboxylic acids is 3. The minimum atomic E-state index is -0.0104. The van der Waals surface area contributed by atoms with Crippen LogP contribution in [0.25, 0.3) is 0 Å². The molecule has 1 atom stereocenters. The highest BCUT2D eigenvalue weighted by Crippen LogP contribution is 2.24. The second kappa shape index (κ2) is 43.5. The lowest BCUT2D eigenvalue weighted by molar-refractivity contribution is -0.149. The molecule has 1 unspecified atom stereocenters. The molecule has 0 aliphatic rings. The van der Waals surface area contributed by atoms with Crippen LogP contribution < -0.4 is 0 Å². The van der Waals surface area contributed by atoms with Crippen molar-refractivity contribution >= 4 is 17.9 Å². The van der Waals surface area contributed by atoms with Crippen molar-refractivity contribution in [3.63, 3.8) is 0 Å². The Kier molecular flexibility index (Phi) is 42.2. The van der Waals surface area contributed by atoms with Gasteiger partial charge in [0.25, 0.3) is 0 Å². The van der Waals surface area contributed by atoms with E-state index in [1.807, 2.05) is 0 Å². The Hall–Kier alpha value is -1.63. The van der Waals surface area contributed by atoms with Crippen LogP contribution in [0.4, 0.5) is 0 Å². The average molecular weight is 822 g/mol. The summed E-state index contributed by atoms with van der Waals surface area (Å²) in [6.45, 7) is 17.9. The van der Waals surface area contributed by atoms with Gasteiger partial charge in [-0.1, -0.05) is 183 Å². The molecular formula is C51H99NO6. The topological polar surface area (TPSA) is 82.1 Å². The monoisotopic (exact) mass is 822 g/mol. The van der Waals surface area contributed by atoms with Crippen LogP contribution in [0.15, 0.2) is 0 Å². The molecule has 7 nitrogen and oxygen atoms in total. The molecule has 0 heterocycles. The lowest BCUT2D eigenvalue weighted by atomic mass is 9.92.